The minimum absolute atomic E-state index is 0.0464. The lowest BCUT2D eigenvalue weighted by Gasteiger charge is -2.18. The number of aromatic nitrogens is 2. The zero-order valence-electron chi connectivity index (χ0n) is 11.9. The van der Waals surface area contributed by atoms with Gasteiger partial charge in [0.05, 0.1) is 16.1 Å². The van der Waals surface area contributed by atoms with E-state index in [0.29, 0.717) is 41.9 Å². The lowest BCUT2D eigenvalue weighted by Crippen LogP contribution is -2.31. The number of hydrogen-bond donors (Lipinski definition) is 1. The number of aromatic amines is 1. The van der Waals surface area contributed by atoms with Crippen LogP contribution in [0, 0.1) is 10.6 Å². The fraction of sp³-hybridized carbons (Fsp3) is 0.429. The predicted molar refractivity (Wildman–Crippen MR) is 84.6 cm³/mol. The van der Waals surface area contributed by atoms with Gasteiger partial charge in [-0.2, -0.15) is 0 Å². The van der Waals surface area contributed by atoms with Crippen molar-refractivity contribution in [1.82, 2.24) is 14.5 Å². The molecule has 114 valence electrons. The van der Waals surface area contributed by atoms with Gasteiger partial charge in [0.15, 0.2) is 4.77 Å². The number of nitrogens with one attached hydrogen (secondary N) is 1. The van der Waals surface area contributed by atoms with E-state index in [1.165, 1.54) is 12.1 Å². The smallest absolute Gasteiger partial charge is 0.224 e. The molecule has 21 heavy (non-hydrogen) atoms. The third kappa shape index (κ3) is 3.27. The van der Waals surface area contributed by atoms with E-state index < -0.39 is 5.82 Å². The van der Waals surface area contributed by atoms with Crippen LogP contribution in [0.4, 0.5) is 4.39 Å². The monoisotopic (exact) mass is 329 g/mol. The molecule has 2 rings (SSSR count). The van der Waals surface area contributed by atoms with E-state index in [0.717, 1.165) is 0 Å². The first kappa shape index (κ1) is 16.0. The maximum absolute atomic E-state index is 13.6. The summed E-state index contributed by atoms with van der Waals surface area (Å²) in [7, 11) is 0. The van der Waals surface area contributed by atoms with Crippen LogP contribution in [0.5, 0.6) is 0 Å². The first-order valence-corrected chi connectivity index (χ1v) is 7.61. The molecule has 0 fully saturated rings. The molecule has 0 radical (unpaired) electrons. The Morgan fingerprint density at radius 2 is 2.10 bits per heavy atom. The van der Waals surface area contributed by atoms with Gasteiger partial charge in [-0.1, -0.05) is 11.6 Å². The van der Waals surface area contributed by atoms with Gasteiger partial charge in [-0.3, -0.25) is 4.79 Å². The average molecular weight is 330 g/mol. The Kier molecular flexibility index (Phi) is 5.00. The normalized spacial score (nSPS) is 11.0. The van der Waals surface area contributed by atoms with Crippen LogP contribution in [0.1, 0.15) is 20.3 Å². The van der Waals surface area contributed by atoms with E-state index in [4.69, 9.17) is 23.8 Å². The van der Waals surface area contributed by atoms with Gasteiger partial charge in [-0.15, -0.1) is 0 Å². The van der Waals surface area contributed by atoms with E-state index in [-0.39, 0.29) is 10.9 Å². The largest absolute Gasteiger partial charge is 0.343 e. The van der Waals surface area contributed by atoms with Crippen molar-refractivity contribution < 1.29 is 9.18 Å². The molecule has 1 N–H and O–H groups in total. The second kappa shape index (κ2) is 6.58. The molecule has 0 saturated heterocycles. The summed E-state index contributed by atoms with van der Waals surface area (Å²) in [6.45, 7) is 5.65. The summed E-state index contributed by atoms with van der Waals surface area (Å²) in [6.07, 6.45) is 0.327. The highest BCUT2D eigenvalue weighted by molar-refractivity contribution is 7.71. The topological polar surface area (TPSA) is 41.0 Å². The molecular weight excluding hydrogens is 313 g/mol. The summed E-state index contributed by atoms with van der Waals surface area (Å²) in [6, 6.07) is 2.84. The fourth-order valence-electron chi connectivity index (χ4n) is 2.32. The second-order valence-corrected chi connectivity index (χ2v) is 5.48. The summed E-state index contributed by atoms with van der Waals surface area (Å²) < 4.78 is 15.8. The molecule has 1 aromatic carbocycles. The van der Waals surface area contributed by atoms with Crippen LogP contribution in [-0.4, -0.2) is 33.4 Å². The van der Waals surface area contributed by atoms with Crippen molar-refractivity contribution >= 4 is 40.8 Å². The van der Waals surface area contributed by atoms with E-state index in [2.05, 4.69) is 4.98 Å². The molecule has 4 nitrogen and oxygen atoms in total. The fourth-order valence-corrected chi connectivity index (χ4v) is 2.78. The number of halogens is 2. The van der Waals surface area contributed by atoms with Crippen molar-refractivity contribution in [3.05, 3.63) is 27.7 Å². The van der Waals surface area contributed by atoms with Gasteiger partial charge in [0, 0.05) is 32.1 Å². The second-order valence-electron chi connectivity index (χ2n) is 4.68. The Bertz CT molecular complexity index is 721. The highest BCUT2D eigenvalue weighted by Crippen LogP contribution is 2.23. The van der Waals surface area contributed by atoms with Gasteiger partial charge in [0.2, 0.25) is 5.91 Å². The molecular formula is C14H17ClFN3OS. The predicted octanol–water partition coefficient (Wildman–Crippen LogP) is 3.75. The Balaban J connectivity index is 2.27. The number of fused-ring (bicyclic) bond motifs is 1. The Morgan fingerprint density at radius 3 is 2.71 bits per heavy atom. The highest BCUT2D eigenvalue weighted by Gasteiger charge is 2.13. The lowest BCUT2D eigenvalue weighted by atomic mass is 10.3. The number of nitrogens with zero attached hydrogens (tertiary/aromatic N) is 2. The molecule has 0 aliphatic rings. The zero-order valence-corrected chi connectivity index (χ0v) is 13.5. The lowest BCUT2D eigenvalue weighted by molar-refractivity contribution is -0.131. The van der Waals surface area contributed by atoms with E-state index in [1.807, 2.05) is 13.8 Å². The summed E-state index contributed by atoms with van der Waals surface area (Å²) >= 11 is 11.0. The molecule has 0 unspecified atom stereocenters. The van der Waals surface area contributed by atoms with E-state index in [9.17, 15) is 9.18 Å². The average Bonchev–Trinajstić information content (AvgIpc) is 2.73. The highest BCUT2D eigenvalue weighted by atomic mass is 35.5. The van der Waals surface area contributed by atoms with Gasteiger partial charge in [-0.05, 0) is 32.1 Å². The Hall–Kier alpha value is -1.40. The van der Waals surface area contributed by atoms with Crippen molar-refractivity contribution in [2.45, 2.75) is 26.8 Å². The van der Waals surface area contributed by atoms with E-state index in [1.54, 1.807) is 9.47 Å². The van der Waals surface area contributed by atoms with Crippen molar-refractivity contribution in [2.75, 3.05) is 13.1 Å². The molecule has 2 aromatic rings. The molecule has 0 atom stereocenters. The molecule has 1 aromatic heterocycles. The number of H-pyrrole nitrogens is 1. The number of imidazole rings is 1. The maximum atomic E-state index is 13.6. The third-order valence-electron chi connectivity index (χ3n) is 3.48. The van der Waals surface area contributed by atoms with Crippen LogP contribution in [0.25, 0.3) is 11.0 Å². The standard InChI is InChI=1S/C14H17ClFN3OS/c1-3-18(4-2)13(20)5-6-19-12-8-10(16)9(15)7-11(12)17-14(19)21/h7-8H,3-6H2,1-2H3,(H,17,21). The minimum Gasteiger partial charge on any atom is -0.343 e. The number of rotatable bonds is 5. The molecule has 1 heterocycles. The zero-order chi connectivity index (χ0) is 15.6. The van der Waals surface area contributed by atoms with Crippen LogP contribution >= 0.6 is 23.8 Å². The Morgan fingerprint density at radius 1 is 1.43 bits per heavy atom. The van der Waals surface area contributed by atoms with Gasteiger partial charge < -0.3 is 14.5 Å². The van der Waals surface area contributed by atoms with Gasteiger partial charge in [0.25, 0.3) is 0 Å². The van der Waals surface area contributed by atoms with Crippen molar-refractivity contribution in [3.63, 3.8) is 0 Å². The van der Waals surface area contributed by atoms with Crippen LogP contribution in [0.2, 0.25) is 5.02 Å². The molecule has 0 saturated carbocycles. The van der Waals surface area contributed by atoms with Crippen LogP contribution < -0.4 is 0 Å². The van der Waals surface area contributed by atoms with E-state index >= 15 is 0 Å². The number of benzene rings is 1. The van der Waals surface area contributed by atoms with Crippen molar-refractivity contribution in [2.24, 2.45) is 0 Å². The summed E-state index contributed by atoms with van der Waals surface area (Å²) in [5, 5.41) is 0.0464. The molecule has 1 amide bonds. The van der Waals surface area contributed by atoms with Gasteiger partial charge in [0.1, 0.15) is 5.82 Å². The third-order valence-corrected chi connectivity index (χ3v) is 4.09. The molecule has 0 bridgehead atoms. The molecule has 0 aliphatic heterocycles. The van der Waals surface area contributed by atoms with Crippen LogP contribution in [-0.2, 0) is 11.3 Å². The summed E-state index contributed by atoms with van der Waals surface area (Å²) in [5.41, 5.74) is 1.29. The van der Waals surface area contributed by atoms with Crippen LogP contribution in [0.3, 0.4) is 0 Å². The van der Waals surface area contributed by atoms with Gasteiger partial charge >= 0.3 is 0 Å². The number of amides is 1. The molecule has 0 aliphatic carbocycles. The summed E-state index contributed by atoms with van der Waals surface area (Å²) in [5.74, 6) is -0.437. The number of carbonyl (C=O) groups excluding carboxylic acids is 1. The SMILES string of the molecule is CCN(CC)C(=O)CCn1c(=S)[nH]c2cc(Cl)c(F)cc21. The Labute approximate surface area is 132 Å². The minimum atomic E-state index is -0.498. The summed E-state index contributed by atoms with van der Waals surface area (Å²) in [4.78, 5) is 16.8. The first-order valence-electron chi connectivity index (χ1n) is 6.83. The van der Waals surface area contributed by atoms with Gasteiger partial charge in [-0.25, -0.2) is 4.39 Å². The number of aryl methyl sites for hydroxylation is 1. The number of hydrogen-bond acceptors (Lipinski definition) is 2. The quantitative estimate of drug-likeness (QED) is 0.849. The van der Waals surface area contributed by atoms with Crippen molar-refractivity contribution in [3.8, 4) is 0 Å². The van der Waals surface area contributed by atoms with Crippen molar-refractivity contribution in [1.29, 1.82) is 0 Å². The number of carbonyl (C=O) groups is 1. The maximum Gasteiger partial charge on any atom is 0.224 e. The first-order chi connectivity index (χ1) is 9.97. The molecule has 0 spiro atoms. The molecule has 7 heteroatoms. The van der Waals surface area contributed by atoms with Crippen LogP contribution in [0.15, 0.2) is 12.1 Å².